The summed E-state index contributed by atoms with van der Waals surface area (Å²) in [6.45, 7) is 9.82. The Bertz CT molecular complexity index is 1060. The zero-order valence-electron chi connectivity index (χ0n) is 17.5. The van der Waals surface area contributed by atoms with Gasteiger partial charge in [0.05, 0.1) is 22.4 Å². The highest BCUT2D eigenvalue weighted by atomic mass is 16.6. The zero-order chi connectivity index (χ0) is 21.3. The molecule has 0 atom stereocenters. The predicted molar refractivity (Wildman–Crippen MR) is 114 cm³/mol. The fourth-order valence-corrected chi connectivity index (χ4v) is 3.77. The van der Waals surface area contributed by atoms with Crippen LogP contribution in [-0.4, -0.2) is 51.1 Å². The smallest absolute Gasteiger partial charge is 0.301 e. The van der Waals surface area contributed by atoms with Gasteiger partial charge in [0.1, 0.15) is 5.69 Å². The second-order valence-electron chi connectivity index (χ2n) is 8.64. The lowest BCUT2D eigenvalue weighted by atomic mass is 9.97. The van der Waals surface area contributed by atoms with Crippen molar-refractivity contribution in [3.05, 3.63) is 52.3 Å². The van der Waals surface area contributed by atoms with Crippen molar-refractivity contribution >= 4 is 22.3 Å². The van der Waals surface area contributed by atoms with E-state index in [2.05, 4.69) is 24.9 Å². The van der Waals surface area contributed by atoms with E-state index in [1.807, 2.05) is 32.9 Å². The Kier molecular flexibility index (Phi) is 5.38. The van der Waals surface area contributed by atoms with Gasteiger partial charge in [0, 0.05) is 37.8 Å². The maximum atomic E-state index is 11.9. The minimum atomic E-state index is -0.296. The minimum absolute atomic E-state index is 0.127. The lowest BCUT2D eigenvalue weighted by molar-refractivity contribution is -0.382. The third kappa shape index (κ3) is 4.11. The first-order valence-electron chi connectivity index (χ1n) is 10.2. The number of nitro benzene ring substituents is 1. The molecule has 1 aliphatic rings. The number of fused-ring (bicyclic) bond motifs is 1. The quantitative estimate of drug-likeness (QED) is 0.475. The largest absolute Gasteiger partial charge is 0.365 e. The van der Waals surface area contributed by atoms with Gasteiger partial charge in [-0.1, -0.05) is 25.9 Å². The van der Waals surface area contributed by atoms with Crippen LogP contribution in [0.5, 0.6) is 0 Å². The Morgan fingerprint density at radius 1 is 1.17 bits per heavy atom. The number of rotatable bonds is 4. The van der Waals surface area contributed by atoms with Crippen LogP contribution >= 0.6 is 0 Å². The average molecular weight is 410 g/mol. The highest BCUT2D eigenvalue weighted by molar-refractivity contribution is 5.94. The van der Waals surface area contributed by atoms with Crippen LogP contribution in [0.25, 0.3) is 10.9 Å². The van der Waals surface area contributed by atoms with E-state index in [9.17, 15) is 10.1 Å². The van der Waals surface area contributed by atoms with E-state index < -0.39 is 0 Å². The van der Waals surface area contributed by atoms with Crippen LogP contribution < -0.4 is 4.90 Å². The molecule has 1 aromatic carbocycles. The van der Waals surface area contributed by atoms with E-state index in [4.69, 9.17) is 4.52 Å². The summed E-state index contributed by atoms with van der Waals surface area (Å²) in [4.78, 5) is 24.7. The van der Waals surface area contributed by atoms with Crippen LogP contribution in [0.4, 0.5) is 11.4 Å². The zero-order valence-corrected chi connectivity index (χ0v) is 17.5. The first kappa shape index (κ1) is 20.2. The summed E-state index contributed by atoms with van der Waals surface area (Å²) >= 11 is 0. The van der Waals surface area contributed by atoms with E-state index in [1.165, 1.54) is 0 Å². The molecule has 3 aromatic rings. The molecule has 0 aliphatic carbocycles. The van der Waals surface area contributed by atoms with Crippen LogP contribution in [-0.2, 0) is 12.0 Å². The summed E-state index contributed by atoms with van der Waals surface area (Å²) in [5.41, 5.74) is 1.24. The lowest BCUT2D eigenvalue weighted by Gasteiger charge is -2.23. The van der Waals surface area contributed by atoms with Gasteiger partial charge in [0.2, 0.25) is 5.89 Å². The van der Waals surface area contributed by atoms with Crippen molar-refractivity contribution in [2.45, 2.75) is 39.2 Å². The van der Waals surface area contributed by atoms with Crippen LogP contribution in [0.2, 0.25) is 0 Å². The summed E-state index contributed by atoms with van der Waals surface area (Å²) in [5.74, 6) is 1.31. The monoisotopic (exact) mass is 410 g/mol. The number of hydrogen-bond donors (Lipinski definition) is 0. The van der Waals surface area contributed by atoms with Crippen molar-refractivity contribution in [3.8, 4) is 0 Å². The van der Waals surface area contributed by atoms with Gasteiger partial charge in [0.15, 0.2) is 5.82 Å². The molecule has 1 aliphatic heterocycles. The highest BCUT2D eigenvalue weighted by Crippen LogP contribution is 2.35. The molecule has 1 fully saturated rings. The molecule has 0 bridgehead atoms. The standard InChI is InChI=1S/C21H26N6O3/c1-21(2,3)20-23-18(24-30-20)14-25-10-5-11-26(13-12-25)17-8-7-16-15(6-4-9-22-16)19(17)27(28)29/h4,6-9H,5,10-14H2,1-3H3. The van der Waals surface area contributed by atoms with Gasteiger partial charge in [-0.15, -0.1) is 0 Å². The van der Waals surface area contributed by atoms with Gasteiger partial charge < -0.3 is 9.42 Å². The summed E-state index contributed by atoms with van der Waals surface area (Å²) in [6.07, 6.45) is 2.55. The summed E-state index contributed by atoms with van der Waals surface area (Å²) in [5, 5.41) is 16.6. The molecule has 0 saturated carbocycles. The van der Waals surface area contributed by atoms with Crippen LogP contribution in [0.15, 0.2) is 35.0 Å². The van der Waals surface area contributed by atoms with E-state index in [0.717, 1.165) is 26.1 Å². The van der Waals surface area contributed by atoms with Gasteiger partial charge >= 0.3 is 5.69 Å². The van der Waals surface area contributed by atoms with Gasteiger partial charge in [-0.05, 0) is 30.7 Å². The molecule has 1 saturated heterocycles. The fourth-order valence-electron chi connectivity index (χ4n) is 3.77. The Morgan fingerprint density at radius 2 is 2.00 bits per heavy atom. The number of nitro groups is 1. The molecule has 30 heavy (non-hydrogen) atoms. The number of pyridine rings is 1. The Labute approximate surface area is 174 Å². The molecule has 0 amide bonds. The molecule has 0 N–H and O–H groups in total. The number of aromatic nitrogens is 3. The first-order valence-corrected chi connectivity index (χ1v) is 10.2. The third-order valence-corrected chi connectivity index (χ3v) is 5.32. The van der Waals surface area contributed by atoms with E-state index in [0.29, 0.717) is 41.4 Å². The van der Waals surface area contributed by atoms with Crippen molar-refractivity contribution in [1.29, 1.82) is 0 Å². The van der Waals surface area contributed by atoms with Gasteiger partial charge in [0.25, 0.3) is 0 Å². The number of nitrogens with zero attached hydrogens (tertiary/aromatic N) is 6. The van der Waals surface area contributed by atoms with Crippen LogP contribution in [0, 0.1) is 10.1 Å². The third-order valence-electron chi connectivity index (χ3n) is 5.32. The second-order valence-corrected chi connectivity index (χ2v) is 8.64. The maximum absolute atomic E-state index is 11.9. The number of benzene rings is 1. The van der Waals surface area contributed by atoms with Crippen molar-refractivity contribution < 1.29 is 9.45 Å². The summed E-state index contributed by atoms with van der Waals surface area (Å²) < 4.78 is 5.40. The maximum Gasteiger partial charge on any atom is 0.301 e. The molecule has 0 unspecified atom stereocenters. The van der Waals surface area contributed by atoms with E-state index in [1.54, 1.807) is 18.3 Å². The SMILES string of the molecule is CC(C)(C)c1nc(CN2CCCN(c3ccc4ncccc4c3[N+](=O)[O-])CC2)no1. The Hall–Kier alpha value is -3.07. The van der Waals surface area contributed by atoms with Crippen molar-refractivity contribution in [2.24, 2.45) is 0 Å². The van der Waals surface area contributed by atoms with Crippen molar-refractivity contribution in [3.63, 3.8) is 0 Å². The van der Waals surface area contributed by atoms with Crippen molar-refractivity contribution in [2.75, 3.05) is 31.1 Å². The second kappa shape index (κ2) is 7.98. The van der Waals surface area contributed by atoms with E-state index >= 15 is 0 Å². The molecule has 0 radical (unpaired) electrons. The topological polar surface area (TPSA) is 101 Å². The molecule has 2 aromatic heterocycles. The first-order chi connectivity index (χ1) is 14.3. The molecule has 3 heterocycles. The Morgan fingerprint density at radius 3 is 2.73 bits per heavy atom. The minimum Gasteiger partial charge on any atom is -0.365 e. The lowest BCUT2D eigenvalue weighted by Crippen LogP contribution is -2.31. The normalized spacial score (nSPS) is 16.0. The van der Waals surface area contributed by atoms with Crippen LogP contribution in [0.1, 0.15) is 38.9 Å². The van der Waals surface area contributed by atoms with Crippen molar-refractivity contribution in [1.82, 2.24) is 20.0 Å². The molecular formula is C21H26N6O3. The molecule has 9 heteroatoms. The highest BCUT2D eigenvalue weighted by Gasteiger charge is 2.26. The number of anilines is 1. The molecular weight excluding hydrogens is 384 g/mol. The summed E-state index contributed by atoms with van der Waals surface area (Å²) in [7, 11) is 0. The van der Waals surface area contributed by atoms with Gasteiger partial charge in [-0.2, -0.15) is 4.98 Å². The van der Waals surface area contributed by atoms with Crippen LogP contribution in [0.3, 0.4) is 0 Å². The average Bonchev–Trinajstić information content (AvgIpc) is 3.06. The molecule has 9 nitrogen and oxygen atoms in total. The summed E-state index contributed by atoms with van der Waals surface area (Å²) in [6, 6.07) is 7.17. The molecule has 4 rings (SSSR count). The fraction of sp³-hybridized carbons (Fsp3) is 0.476. The van der Waals surface area contributed by atoms with Gasteiger partial charge in [-0.25, -0.2) is 0 Å². The van der Waals surface area contributed by atoms with Gasteiger partial charge in [-0.3, -0.25) is 20.0 Å². The number of hydrogen-bond acceptors (Lipinski definition) is 8. The van der Waals surface area contributed by atoms with E-state index in [-0.39, 0.29) is 16.0 Å². The molecule has 158 valence electrons. The molecule has 0 spiro atoms. The Balaban J connectivity index is 1.51. The predicted octanol–water partition coefficient (Wildman–Crippen LogP) is 3.54.